The van der Waals surface area contributed by atoms with Crippen LogP contribution in [0.4, 0.5) is 15.3 Å². The molecule has 6 rings (SSSR count). The van der Waals surface area contributed by atoms with Gasteiger partial charge < -0.3 is 25.3 Å². The van der Waals surface area contributed by atoms with Crippen LogP contribution < -0.4 is 10.6 Å². The van der Waals surface area contributed by atoms with Gasteiger partial charge in [-0.3, -0.25) is 14.8 Å². The first kappa shape index (κ1) is 30.8. The van der Waals surface area contributed by atoms with E-state index in [1.165, 1.54) is 0 Å². The van der Waals surface area contributed by atoms with Gasteiger partial charge in [-0.2, -0.15) is 5.10 Å². The monoisotopic (exact) mass is 616 g/mol. The van der Waals surface area contributed by atoms with E-state index >= 15 is 0 Å². The number of amides is 4. The second-order valence-electron chi connectivity index (χ2n) is 12.6. The highest BCUT2D eigenvalue weighted by atomic mass is 16.7. The number of hydrogen-bond donors (Lipinski definition) is 3. The molecular formula is C33H44N8O4. The summed E-state index contributed by atoms with van der Waals surface area (Å²) < 4.78 is 0. The summed E-state index contributed by atoms with van der Waals surface area (Å²) in [5, 5.41) is 15.5. The van der Waals surface area contributed by atoms with Gasteiger partial charge in [0.1, 0.15) is 6.04 Å². The topological polar surface area (TPSA) is 126 Å². The number of piperidine rings is 1. The Morgan fingerprint density at radius 1 is 1.07 bits per heavy atom. The van der Waals surface area contributed by atoms with Crippen molar-refractivity contribution in [3.05, 3.63) is 59.8 Å². The molecule has 2 fully saturated rings. The molecule has 3 aromatic rings. The zero-order valence-electron chi connectivity index (χ0n) is 26.2. The lowest BCUT2D eigenvalue weighted by molar-refractivity contribution is -0.137. The third kappa shape index (κ3) is 7.39. The second-order valence-corrected chi connectivity index (χ2v) is 12.6. The molecule has 240 valence electrons. The van der Waals surface area contributed by atoms with Crippen molar-refractivity contribution in [1.82, 2.24) is 35.3 Å². The lowest BCUT2D eigenvalue weighted by Gasteiger charge is -2.40. The lowest BCUT2D eigenvalue weighted by Crippen LogP contribution is -2.56. The van der Waals surface area contributed by atoms with Crippen molar-refractivity contribution in [2.24, 2.45) is 5.92 Å². The van der Waals surface area contributed by atoms with Gasteiger partial charge in [0, 0.05) is 75.9 Å². The van der Waals surface area contributed by atoms with Crippen LogP contribution in [0.25, 0.3) is 10.9 Å². The smallest absolute Gasteiger partial charge is 0.351 e. The van der Waals surface area contributed by atoms with Crippen LogP contribution >= 0.6 is 0 Å². The van der Waals surface area contributed by atoms with Gasteiger partial charge in [0.25, 0.3) is 0 Å². The maximum atomic E-state index is 13.8. The van der Waals surface area contributed by atoms with Gasteiger partial charge in [-0.05, 0) is 48.1 Å². The molecule has 2 atom stereocenters. The number of para-hydroxylation sites is 1. The van der Waals surface area contributed by atoms with Crippen LogP contribution in [0.1, 0.15) is 44.2 Å². The number of hydrogen-bond acceptors (Lipinski definition) is 7. The number of rotatable bonds is 9. The van der Waals surface area contributed by atoms with Crippen LogP contribution in [-0.2, 0) is 22.6 Å². The molecule has 12 nitrogen and oxygen atoms in total. The van der Waals surface area contributed by atoms with Crippen LogP contribution in [0.15, 0.2) is 48.7 Å². The highest BCUT2D eigenvalue weighted by molar-refractivity contribution is 5.92. The van der Waals surface area contributed by atoms with Crippen molar-refractivity contribution in [3.8, 4) is 0 Å². The third-order valence-corrected chi connectivity index (χ3v) is 9.42. The average molecular weight is 617 g/mol. The Balaban J connectivity index is 1.06. The molecular weight excluding hydrogens is 572 g/mol. The van der Waals surface area contributed by atoms with Crippen molar-refractivity contribution in [2.75, 3.05) is 51.1 Å². The number of benzene rings is 2. The molecule has 0 saturated carbocycles. The van der Waals surface area contributed by atoms with Crippen LogP contribution in [0.2, 0.25) is 0 Å². The Labute approximate surface area is 264 Å². The quantitative estimate of drug-likeness (QED) is 0.334. The summed E-state index contributed by atoms with van der Waals surface area (Å²) in [6.45, 7) is 9.96. The normalized spacial score (nSPS) is 19.6. The molecule has 0 radical (unpaired) electrons. The summed E-state index contributed by atoms with van der Waals surface area (Å²) in [5.74, 6) is 0.519. The van der Waals surface area contributed by atoms with Crippen molar-refractivity contribution in [3.63, 3.8) is 0 Å². The van der Waals surface area contributed by atoms with Crippen molar-refractivity contribution in [1.29, 1.82) is 0 Å². The minimum Gasteiger partial charge on any atom is -0.351 e. The molecule has 0 bridgehead atoms. The number of H-pyrrole nitrogens is 1. The maximum Gasteiger partial charge on any atom is 0.426 e. The van der Waals surface area contributed by atoms with Crippen molar-refractivity contribution in [2.45, 2.75) is 58.2 Å². The predicted octanol–water partition coefficient (Wildman–Crippen LogP) is 3.82. The SMILES string of the molecule is CCC(C)CN1CCN(C(=O)C(Cc2ccc3[nH]ncc3c2)NC(=O)ON2CCC(N3Cc4ccccc4NC3=O)CC2)CC1. The predicted molar refractivity (Wildman–Crippen MR) is 171 cm³/mol. The van der Waals surface area contributed by atoms with Crippen molar-refractivity contribution >= 4 is 34.6 Å². The minimum atomic E-state index is -0.766. The zero-order chi connectivity index (χ0) is 31.3. The van der Waals surface area contributed by atoms with Gasteiger partial charge in [-0.15, -0.1) is 5.06 Å². The average Bonchev–Trinajstić information content (AvgIpc) is 3.52. The Morgan fingerprint density at radius 3 is 2.62 bits per heavy atom. The molecule has 2 aromatic carbocycles. The second kappa shape index (κ2) is 13.9. The molecule has 0 aliphatic carbocycles. The zero-order valence-corrected chi connectivity index (χ0v) is 26.2. The maximum absolute atomic E-state index is 13.8. The molecule has 12 heteroatoms. The number of anilines is 1. The Kier molecular flexibility index (Phi) is 9.50. The van der Waals surface area contributed by atoms with Gasteiger partial charge in [0.05, 0.1) is 11.7 Å². The summed E-state index contributed by atoms with van der Waals surface area (Å²) in [6.07, 6.45) is 3.94. The molecule has 3 aliphatic heterocycles. The molecule has 3 aliphatic rings. The fraction of sp³-hybridized carbons (Fsp3) is 0.515. The number of piperazine rings is 1. The fourth-order valence-corrected chi connectivity index (χ4v) is 6.54. The standard InChI is InChI=1S/C33H44N8O4/c1-3-23(2)21-38-14-16-39(17-15-38)31(42)30(19-24-8-9-29-26(18-24)20-34-37-29)36-33(44)45-40-12-10-27(11-13-40)41-22-25-6-4-5-7-28(25)35-32(41)43/h4-9,18,20,23,27,30H,3,10-17,19,21-22H2,1-2H3,(H,34,37)(H,35,43)(H,36,44). The van der Waals surface area contributed by atoms with Gasteiger partial charge in [-0.25, -0.2) is 9.59 Å². The van der Waals surface area contributed by atoms with Gasteiger partial charge in [-0.1, -0.05) is 44.5 Å². The van der Waals surface area contributed by atoms with E-state index in [-0.39, 0.29) is 18.0 Å². The summed E-state index contributed by atoms with van der Waals surface area (Å²) in [6, 6.07) is 12.9. The van der Waals surface area contributed by atoms with Gasteiger partial charge in [0.15, 0.2) is 0 Å². The summed E-state index contributed by atoms with van der Waals surface area (Å²) in [5.41, 5.74) is 3.80. The van der Waals surface area contributed by atoms with E-state index < -0.39 is 12.1 Å². The van der Waals surface area contributed by atoms with Gasteiger partial charge in [0.2, 0.25) is 5.91 Å². The number of fused-ring (bicyclic) bond motifs is 2. The van der Waals surface area contributed by atoms with E-state index in [9.17, 15) is 14.4 Å². The number of aromatic amines is 1. The molecule has 0 spiro atoms. The number of carbonyl (C=O) groups is 3. The molecule has 1 aromatic heterocycles. The molecule has 2 unspecified atom stereocenters. The first-order valence-electron chi connectivity index (χ1n) is 16.2. The number of aromatic nitrogens is 2. The highest BCUT2D eigenvalue weighted by Crippen LogP contribution is 2.27. The molecule has 2 saturated heterocycles. The molecule has 4 heterocycles. The third-order valence-electron chi connectivity index (χ3n) is 9.42. The number of hydroxylamine groups is 2. The van der Waals surface area contributed by atoms with Crippen LogP contribution in [0.3, 0.4) is 0 Å². The number of nitrogens with zero attached hydrogens (tertiary/aromatic N) is 5. The first-order chi connectivity index (χ1) is 21.9. The van der Waals surface area contributed by atoms with E-state index in [1.54, 1.807) is 11.3 Å². The fourth-order valence-electron chi connectivity index (χ4n) is 6.54. The molecule has 3 N–H and O–H groups in total. The van der Waals surface area contributed by atoms with Crippen LogP contribution in [-0.4, -0.2) is 106 Å². The largest absolute Gasteiger partial charge is 0.426 e. The van der Waals surface area contributed by atoms with Crippen LogP contribution in [0.5, 0.6) is 0 Å². The Bertz CT molecular complexity index is 1490. The Hall–Kier alpha value is -4.16. The van der Waals surface area contributed by atoms with E-state index in [2.05, 4.69) is 39.6 Å². The Morgan fingerprint density at radius 2 is 1.84 bits per heavy atom. The number of carbonyl (C=O) groups excluding carboxylic acids is 3. The van der Waals surface area contributed by atoms with E-state index in [1.807, 2.05) is 52.3 Å². The molecule has 4 amide bonds. The first-order valence-corrected chi connectivity index (χ1v) is 16.2. The van der Waals surface area contributed by atoms with Crippen LogP contribution in [0, 0.1) is 5.92 Å². The summed E-state index contributed by atoms with van der Waals surface area (Å²) in [4.78, 5) is 51.7. The number of nitrogens with one attached hydrogen (secondary N) is 3. The van der Waals surface area contributed by atoms with Crippen molar-refractivity contribution < 1.29 is 19.2 Å². The van der Waals surface area contributed by atoms with E-state index in [4.69, 9.17) is 4.84 Å². The highest BCUT2D eigenvalue weighted by Gasteiger charge is 2.34. The van der Waals surface area contributed by atoms with Gasteiger partial charge >= 0.3 is 12.1 Å². The summed E-state index contributed by atoms with van der Waals surface area (Å²) >= 11 is 0. The molecule has 45 heavy (non-hydrogen) atoms. The number of urea groups is 1. The summed E-state index contributed by atoms with van der Waals surface area (Å²) in [7, 11) is 0. The van der Waals surface area contributed by atoms with E-state index in [0.29, 0.717) is 57.9 Å². The lowest BCUT2D eigenvalue weighted by atomic mass is 10.0. The minimum absolute atomic E-state index is 0.0485. The van der Waals surface area contributed by atoms with E-state index in [0.717, 1.165) is 53.8 Å².